The maximum atomic E-state index is 5.93. The van der Waals surface area contributed by atoms with Crippen LogP contribution in [0.5, 0.6) is 0 Å². The first kappa shape index (κ1) is 11.1. The number of likely N-dealkylation sites (tertiary alicyclic amines) is 1. The molecular formula is C10H13Cl2N3. The first-order valence-electron chi connectivity index (χ1n) is 5.15. The molecule has 3 nitrogen and oxygen atoms in total. The Hall–Kier alpha value is -0.380. The van der Waals surface area contributed by atoms with Gasteiger partial charge in [-0.1, -0.05) is 30.1 Å². The van der Waals surface area contributed by atoms with Gasteiger partial charge in [-0.15, -0.1) is 5.10 Å². The second kappa shape index (κ2) is 4.64. The molecule has 1 saturated heterocycles. The van der Waals surface area contributed by atoms with E-state index in [0.29, 0.717) is 11.1 Å². The van der Waals surface area contributed by atoms with Crippen LogP contribution in [0.3, 0.4) is 0 Å². The maximum Gasteiger partial charge on any atom is 0.170 e. The van der Waals surface area contributed by atoms with Crippen LogP contribution in [0.1, 0.15) is 31.5 Å². The van der Waals surface area contributed by atoms with Gasteiger partial charge in [-0.25, -0.2) is 0 Å². The first-order valence-corrected chi connectivity index (χ1v) is 5.90. The highest BCUT2D eigenvalue weighted by atomic mass is 35.5. The van der Waals surface area contributed by atoms with Crippen molar-refractivity contribution in [3.8, 4) is 0 Å². The van der Waals surface area contributed by atoms with Crippen molar-refractivity contribution < 1.29 is 0 Å². The quantitative estimate of drug-likeness (QED) is 0.803. The molecule has 0 spiro atoms. The lowest BCUT2D eigenvalue weighted by molar-refractivity contribution is 0.266. The summed E-state index contributed by atoms with van der Waals surface area (Å²) in [7, 11) is 0. The molecule has 1 atom stereocenters. The fourth-order valence-corrected chi connectivity index (χ4v) is 2.31. The lowest BCUT2D eigenvalue weighted by atomic mass is 10.1. The van der Waals surface area contributed by atoms with Crippen molar-refractivity contribution in [2.45, 2.75) is 25.8 Å². The molecule has 0 aromatic carbocycles. The zero-order chi connectivity index (χ0) is 10.8. The van der Waals surface area contributed by atoms with Crippen molar-refractivity contribution in [2.75, 3.05) is 13.1 Å². The van der Waals surface area contributed by atoms with Crippen LogP contribution in [0, 0.1) is 0 Å². The Kier molecular flexibility index (Phi) is 3.44. The minimum absolute atomic E-state index is 0.279. The highest BCUT2D eigenvalue weighted by Gasteiger charge is 2.26. The average molecular weight is 246 g/mol. The van der Waals surface area contributed by atoms with Crippen molar-refractivity contribution in [3.63, 3.8) is 0 Å². The highest BCUT2D eigenvalue weighted by Crippen LogP contribution is 2.32. The molecule has 2 heterocycles. The third-order valence-electron chi connectivity index (χ3n) is 2.84. The minimum Gasteiger partial charge on any atom is -0.295 e. The number of halogens is 2. The third kappa shape index (κ3) is 2.25. The van der Waals surface area contributed by atoms with E-state index in [0.717, 1.165) is 25.2 Å². The van der Waals surface area contributed by atoms with Gasteiger partial charge in [-0.2, -0.15) is 5.10 Å². The topological polar surface area (TPSA) is 29.0 Å². The molecule has 1 aromatic rings. The fraction of sp³-hybridized carbons (Fsp3) is 0.600. The molecule has 0 amide bonds. The summed E-state index contributed by atoms with van der Waals surface area (Å²) >= 11 is 11.7. The monoisotopic (exact) mass is 245 g/mol. The second-order valence-corrected chi connectivity index (χ2v) is 4.46. The van der Waals surface area contributed by atoms with Crippen molar-refractivity contribution >= 4 is 23.2 Å². The standard InChI is InChI=1S/C10H13Cl2N3/c1-2-15-5-3-4-9(15)8-6-7(11)10(12)14-13-8/h6,9H,2-5H2,1H3. The number of aromatic nitrogens is 2. The molecule has 1 unspecified atom stereocenters. The molecule has 0 saturated carbocycles. The van der Waals surface area contributed by atoms with Crippen LogP contribution in [0.2, 0.25) is 10.2 Å². The van der Waals surface area contributed by atoms with Crippen LogP contribution in [-0.2, 0) is 0 Å². The highest BCUT2D eigenvalue weighted by molar-refractivity contribution is 6.41. The molecule has 15 heavy (non-hydrogen) atoms. The number of hydrogen-bond acceptors (Lipinski definition) is 3. The van der Waals surface area contributed by atoms with Gasteiger partial charge in [0.2, 0.25) is 0 Å². The van der Waals surface area contributed by atoms with Gasteiger partial charge in [0.15, 0.2) is 5.15 Å². The van der Waals surface area contributed by atoms with E-state index in [1.165, 1.54) is 6.42 Å². The van der Waals surface area contributed by atoms with Crippen LogP contribution in [0.15, 0.2) is 6.07 Å². The summed E-state index contributed by atoms with van der Waals surface area (Å²) in [4.78, 5) is 2.38. The van der Waals surface area contributed by atoms with E-state index < -0.39 is 0 Å². The lowest BCUT2D eigenvalue weighted by Crippen LogP contribution is -2.23. The van der Waals surface area contributed by atoms with Crippen molar-refractivity contribution in [1.82, 2.24) is 15.1 Å². The third-order valence-corrected chi connectivity index (χ3v) is 3.50. The Labute approximate surface area is 99.4 Å². The van der Waals surface area contributed by atoms with Gasteiger partial charge in [0, 0.05) is 0 Å². The minimum atomic E-state index is 0.279. The molecule has 0 bridgehead atoms. The first-order chi connectivity index (χ1) is 7.22. The smallest absolute Gasteiger partial charge is 0.170 e. The van der Waals surface area contributed by atoms with E-state index in [1.807, 2.05) is 6.07 Å². The molecular weight excluding hydrogens is 233 g/mol. The van der Waals surface area contributed by atoms with Gasteiger partial charge in [-0.3, -0.25) is 4.90 Å². The van der Waals surface area contributed by atoms with Crippen molar-refractivity contribution in [1.29, 1.82) is 0 Å². The van der Waals surface area contributed by atoms with Gasteiger partial charge in [0.05, 0.1) is 16.8 Å². The summed E-state index contributed by atoms with van der Waals surface area (Å²) in [5.74, 6) is 0. The van der Waals surface area contributed by atoms with Crippen molar-refractivity contribution in [2.24, 2.45) is 0 Å². The SMILES string of the molecule is CCN1CCCC1c1cc(Cl)c(Cl)nn1. The lowest BCUT2D eigenvalue weighted by Gasteiger charge is -2.21. The average Bonchev–Trinajstić information content (AvgIpc) is 2.70. The van der Waals surface area contributed by atoms with E-state index in [2.05, 4.69) is 22.0 Å². The van der Waals surface area contributed by atoms with Gasteiger partial charge in [0.25, 0.3) is 0 Å². The van der Waals surface area contributed by atoms with Crippen molar-refractivity contribution in [3.05, 3.63) is 21.9 Å². The summed E-state index contributed by atoms with van der Waals surface area (Å²) in [5, 5.41) is 8.73. The fourth-order valence-electron chi connectivity index (χ4n) is 2.07. The Morgan fingerprint density at radius 1 is 1.47 bits per heavy atom. The zero-order valence-corrected chi connectivity index (χ0v) is 10.1. The van der Waals surface area contributed by atoms with Gasteiger partial charge in [0.1, 0.15) is 0 Å². The zero-order valence-electron chi connectivity index (χ0n) is 8.58. The van der Waals surface area contributed by atoms with Gasteiger partial charge < -0.3 is 0 Å². The summed E-state index contributed by atoms with van der Waals surface area (Å²) < 4.78 is 0. The number of hydrogen-bond donors (Lipinski definition) is 0. The molecule has 1 aliphatic heterocycles. The number of rotatable bonds is 2. The normalized spacial score (nSPS) is 22.2. The summed E-state index contributed by atoms with van der Waals surface area (Å²) in [6, 6.07) is 2.19. The maximum absolute atomic E-state index is 5.93. The van der Waals surface area contributed by atoms with Gasteiger partial charge in [-0.05, 0) is 32.0 Å². The molecule has 1 aliphatic rings. The predicted molar refractivity (Wildman–Crippen MR) is 61.3 cm³/mol. The Morgan fingerprint density at radius 3 is 2.93 bits per heavy atom. The Balaban J connectivity index is 2.25. The van der Waals surface area contributed by atoms with Crippen LogP contribution < -0.4 is 0 Å². The van der Waals surface area contributed by atoms with Crippen LogP contribution in [0.25, 0.3) is 0 Å². The molecule has 0 aliphatic carbocycles. The van der Waals surface area contributed by atoms with E-state index in [1.54, 1.807) is 0 Å². The van der Waals surface area contributed by atoms with Crippen LogP contribution in [0.4, 0.5) is 0 Å². The van der Waals surface area contributed by atoms with Gasteiger partial charge >= 0.3 is 0 Å². The Bertz CT molecular complexity index is 357. The number of nitrogens with zero attached hydrogens (tertiary/aromatic N) is 3. The molecule has 2 rings (SSSR count). The molecule has 1 aromatic heterocycles. The van der Waals surface area contributed by atoms with Crippen LogP contribution >= 0.6 is 23.2 Å². The summed E-state index contributed by atoms with van der Waals surface area (Å²) in [6.45, 7) is 4.32. The van der Waals surface area contributed by atoms with E-state index >= 15 is 0 Å². The molecule has 1 fully saturated rings. The van der Waals surface area contributed by atoms with E-state index in [-0.39, 0.29) is 5.15 Å². The largest absolute Gasteiger partial charge is 0.295 e. The molecule has 82 valence electrons. The Morgan fingerprint density at radius 2 is 2.27 bits per heavy atom. The van der Waals surface area contributed by atoms with E-state index in [4.69, 9.17) is 23.2 Å². The van der Waals surface area contributed by atoms with Crippen LogP contribution in [-0.4, -0.2) is 28.2 Å². The summed E-state index contributed by atoms with van der Waals surface area (Å²) in [5.41, 5.74) is 0.934. The predicted octanol–water partition coefficient (Wildman–Crippen LogP) is 2.94. The second-order valence-electron chi connectivity index (χ2n) is 3.69. The molecule has 0 N–H and O–H groups in total. The molecule has 0 radical (unpaired) electrons. The summed E-state index contributed by atoms with van der Waals surface area (Å²) in [6.07, 6.45) is 2.33. The molecule has 5 heteroatoms. The van der Waals surface area contributed by atoms with E-state index in [9.17, 15) is 0 Å².